The summed E-state index contributed by atoms with van der Waals surface area (Å²) in [6, 6.07) is 11.1. The van der Waals surface area contributed by atoms with Gasteiger partial charge in [-0.05, 0) is 37.3 Å². The highest BCUT2D eigenvalue weighted by Gasteiger charge is 2.30. The maximum absolute atomic E-state index is 11.2. The van der Waals surface area contributed by atoms with Crippen LogP contribution in [0.25, 0.3) is 10.8 Å². The summed E-state index contributed by atoms with van der Waals surface area (Å²) >= 11 is 6.18. The maximum Gasteiger partial charge on any atom is 0.309 e. The smallest absolute Gasteiger partial charge is 0.309 e. The van der Waals surface area contributed by atoms with Gasteiger partial charge in [0.25, 0.3) is 0 Å². The van der Waals surface area contributed by atoms with E-state index >= 15 is 0 Å². The van der Waals surface area contributed by atoms with Crippen LogP contribution in [0.2, 0.25) is 5.02 Å². The minimum Gasteiger partial charge on any atom is -0.481 e. The lowest BCUT2D eigenvalue weighted by atomic mass is 9.83. The predicted molar refractivity (Wildman–Crippen MR) is 81.9 cm³/mol. The zero-order valence-electron chi connectivity index (χ0n) is 11.6. The molecule has 0 heterocycles. The molecule has 0 bridgehead atoms. The molecule has 0 saturated heterocycles. The van der Waals surface area contributed by atoms with E-state index < -0.39 is 11.4 Å². The zero-order chi connectivity index (χ0) is 14.9. The van der Waals surface area contributed by atoms with Crippen LogP contribution in [-0.2, 0) is 4.79 Å². The molecule has 4 heteroatoms. The van der Waals surface area contributed by atoms with Crippen LogP contribution in [-0.4, -0.2) is 11.1 Å². The molecule has 0 spiro atoms. The fraction of sp³-hybridized carbons (Fsp3) is 0.312. The number of hydrogen-bond acceptors (Lipinski definition) is 2. The van der Waals surface area contributed by atoms with Gasteiger partial charge in [0.05, 0.1) is 5.41 Å². The first-order valence-electron chi connectivity index (χ1n) is 6.49. The van der Waals surface area contributed by atoms with Gasteiger partial charge < -0.3 is 10.8 Å². The van der Waals surface area contributed by atoms with E-state index in [1.807, 2.05) is 36.4 Å². The highest BCUT2D eigenvalue weighted by atomic mass is 35.5. The number of carbonyl (C=O) groups is 1. The molecule has 3 N–H and O–H groups in total. The van der Waals surface area contributed by atoms with Gasteiger partial charge in [-0.25, -0.2) is 0 Å². The average molecular weight is 292 g/mol. The van der Waals surface area contributed by atoms with Gasteiger partial charge in [-0.3, -0.25) is 4.79 Å². The minimum atomic E-state index is -0.861. The number of halogens is 1. The van der Waals surface area contributed by atoms with Crippen molar-refractivity contribution in [2.45, 2.75) is 26.3 Å². The van der Waals surface area contributed by atoms with Gasteiger partial charge in [-0.1, -0.05) is 41.9 Å². The standard InChI is InChI=1S/C16H18ClNO2/c1-16(2,15(19)20)9-14(18)12-7-8-13(17)11-6-4-3-5-10(11)12/h3-8,14H,9,18H2,1-2H3,(H,19,20). The molecule has 0 saturated carbocycles. The third-order valence-electron chi connectivity index (χ3n) is 3.61. The van der Waals surface area contributed by atoms with Gasteiger partial charge in [-0.2, -0.15) is 0 Å². The average Bonchev–Trinajstić information content (AvgIpc) is 2.38. The molecule has 1 atom stereocenters. The van der Waals surface area contributed by atoms with Crippen LogP contribution < -0.4 is 5.73 Å². The summed E-state index contributed by atoms with van der Waals surface area (Å²) in [6.07, 6.45) is 0.369. The number of benzene rings is 2. The van der Waals surface area contributed by atoms with Crippen LogP contribution in [0, 0.1) is 5.41 Å². The molecule has 20 heavy (non-hydrogen) atoms. The van der Waals surface area contributed by atoms with Gasteiger partial charge in [0.2, 0.25) is 0 Å². The Morgan fingerprint density at radius 2 is 1.85 bits per heavy atom. The van der Waals surface area contributed by atoms with E-state index in [1.54, 1.807) is 13.8 Å². The number of rotatable bonds is 4. The minimum absolute atomic E-state index is 0.344. The lowest BCUT2D eigenvalue weighted by Gasteiger charge is -2.24. The Balaban J connectivity index is 2.43. The summed E-state index contributed by atoms with van der Waals surface area (Å²) in [5.74, 6) is -0.841. The summed E-state index contributed by atoms with van der Waals surface area (Å²) in [4.78, 5) is 11.2. The Kier molecular flexibility index (Phi) is 4.02. The molecule has 2 rings (SSSR count). The molecule has 2 aromatic rings. The van der Waals surface area contributed by atoms with E-state index in [2.05, 4.69) is 0 Å². The number of fused-ring (bicyclic) bond motifs is 1. The quantitative estimate of drug-likeness (QED) is 0.895. The summed E-state index contributed by atoms with van der Waals surface area (Å²) < 4.78 is 0. The molecule has 0 aliphatic rings. The third kappa shape index (κ3) is 2.79. The van der Waals surface area contributed by atoms with Gasteiger partial charge in [0.15, 0.2) is 0 Å². The normalized spacial score (nSPS) is 13.4. The van der Waals surface area contributed by atoms with Gasteiger partial charge >= 0.3 is 5.97 Å². The molecule has 0 aliphatic carbocycles. The van der Waals surface area contributed by atoms with Crippen molar-refractivity contribution in [3.8, 4) is 0 Å². The fourth-order valence-corrected chi connectivity index (χ4v) is 2.58. The number of carboxylic acid groups (broad SMARTS) is 1. The summed E-state index contributed by atoms with van der Waals surface area (Å²) in [7, 11) is 0. The van der Waals surface area contributed by atoms with E-state index in [1.165, 1.54) is 0 Å². The Morgan fingerprint density at radius 3 is 2.45 bits per heavy atom. The third-order valence-corrected chi connectivity index (χ3v) is 3.94. The zero-order valence-corrected chi connectivity index (χ0v) is 12.3. The first kappa shape index (κ1) is 14.8. The number of nitrogens with two attached hydrogens (primary N) is 1. The SMILES string of the molecule is CC(C)(CC(N)c1ccc(Cl)c2ccccc12)C(=O)O. The second-order valence-corrected chi connectivity index (χ2v) is 6.09. The van der Waals surface area contributed by atoms with Gasteiger partial charge in [0.1, 0.15) is 0 Å². The lowest BCUT2D eigenvalue weighted by molar-refractivity contribution is -0.147. The summed E-state index contributed by atoms with van der Waals surface area (Å²) in [5.41, 5.74) is 6.30. The van der Waals surface area contributed by atoms with Crippen LogP contribution in [0.1, 0.15) is 31.9 Å². The molecular weight excluding hydrogens is 274 g/mol. The van der Waals surface area contributed by atoms with E-state index in [9.17, 15) is 9.90 Å². The number of aliphatic carboxylic acids is 1. The molecular formula is C16H18ClNO2. The molecule has 0 aliphatic heterocycles. The predicted octanol–water partition coefficient (Wildman–Crippen LogP) is 3.99. The monoisotopic (exact) mass is 291 g/mol. The summed E-state index contributed by atoms with van der Waals surface area (Å²) in [5, 5.41) is 11.8. The molecule has 3 nitrogen and oxygen atoms in total. The van der Waals surface area contributed by atoms with Gasteiger partial charge in [0, 0.05) is 16.5 Å². The van der Waals surface area contributed by atoms with Crippen molar-refractivity contribution in [1.82, 2.24) is 0 Å². The summed E-state index contributed by atoms with van der Waals surface area (Å²) in [6.45, 7) is 3.38. The number of carboxylic acids is 1. The highest BCUT2D eigenvalue weighted by molar-refractivity contribution is 6.35. The number of hydrogen-bond donors (Lipinski definition) is 2. The van der Waals surface area contributed by atoms with Crippen LogP contribution in [0.15, 0.2) is 36.4 Å². The Morgan fingerprint density at radius 1 is 1.25 bits per heavy atom. The molecule has 106 valence electrons. The first-order chi connectivity index (χ1) is 9.33. The lowest BCUT2D eigenvalue weighted by Crippen LogP contribution is -2.29. The molecule has 0 amide bonds. The van der Waals surface area contributed by atoms with E-state index in [0.717, 1.165) is 16.3 Å². The maximum atomic E-state index is 11.2. The topological polar surface area (TPSA) is 63.3 Å². The van der Waals surface area contributed by atoms with Crippen LogP contribution >= 0.6 is 11.6 Å². The fourth-order valence-electron chi connectivity index (χ4n) is 2.36. The van der Waals surface area contributed by atoms with Gasteiger partial charge in [-0.15, -0.1) is 0 Å². The Labute approximate surface area is 123 Å². The van der Waals surface area contributed by atoms with Crippen LogP contribution in [0.4, 0.5) is 0 Å². The molecule has 0 fully saturated rings. The molecule has 2 aromatic carbocycles. The van der Waals surface area contributed by atoms with Crippen molar-refractivity contribution < 1.29 is 9.90 Å². The van der Waals surface area contributed by atoms with Crippen molar-refractivity contribution in [3.63, 3.8) is 0 Å². The Hall–Kier alpha value is -1.58. The Bertz CT molecular complexity index is 652. The largest absolute Gasteiger partial charge is 0.481 e. The molecule has 0 radical (unpaired) electrons. The van der Waals surface area contributed by atoms with Crippen molar-refractivity contribution in [2.24, 2.45) is 11.1 Å². The highest BCUT2D eigenvalue weighted by Crippen LogP contribution is 2.34. The van der Waals surface area contributed by atoms with E-state index in [4.69, 9.17) is 17.3 Å². The van der Waals surface area contributed by atoms with Crippen molar-refractivity contribution >= 4 is 28.3 Å². The second kappa shape index (κ2) is 5.43. The van der Waals surface area contributed by atoms with Crippen molar-refractivity contribution in [2.75, 3.05) is 0 Å². The molecule has 1 unspecified atom stereocenters. The van der Waals surface area contributed by atoms with Crippen LogP contribution in [0.3, 0.4) is 0 Å². The van der Waals surface area contributed by atoms with Crippen molar-refractivity contribution in [3.05, 3.63) is 47.0 Å². The van der Waals surface area contributed by atoms with E-state index in [0.29, 0.717) is 11.4 Å². The second-order valence-electron chi connectivity index (χ2n) is 5.68. The van der Waals surface area contributed by atoms with Crippen molar-refractivity contribution in [1.29, 1.82) is 0 Å². The van der Waals surface area contributed by atoms with Crippen LogP contribution in [0.5, 0.6) is 0 Å². The molecule has 0 aromatic heterocycles. The van der Waals surface area contributed by atoms with E-state index in [-0.39, 0.29) is 6.04 Å². The first-order valence-corrected chi connectivity index (χ1v) is 6.87.